The van der Waals surface area contributed by atoms with Crippen molar-refractivity contribution >= 4 is 17.4 Å². The van der Waals surface area contributed by atoms with Crippen LogP contribution in [-0.4, -0.2) is 55.7 Å². The van der Waals surface area contributed by atoms with Crippen molar-refractivity contribution in [3.8, 4) is 0 Å². The van der Waals surface area contributed by atoms with Gasteiger partial charge in [-0.15, -0.1) is 0 Å². The van der Waals surface area contributed by atoms with Crippen molar-refractivity contribution in [3.05, 3.63) is 54.2 Å². The van der Waals surface area contributed by atoms with Crippen LogP contribution in [0.25, 0.3) is 0 Å². The molecule has 0 radical (unpaired) electrons. The summed E-state index contributed by atoms with van der Waals surface area (Å²) in [4.78, 5) is 21.1. The van der Waals surface area contributed by atoms with Gasteiger partial charge in [0, 0.05) is 39.9 Å². The van der Waals surface area contributed by atoms with Gasteiger partial charge in [0.15, 0.2) is 5.82 Å². The highest BCUT2D eigenvalue weighted by Gasteiger charge is 2.27. The molecule has 0 saturated carbocycles. The Morgan fingerprint density at radius 3 is 2.84 bits per heavy atom. The number of nitrogens with zero attached hydrogens (tertiary/aromatic N) is 3. The zero-order valence-electron chi connectivity index (χ0n) is 14.7. The summed E-state index contributed by atoms with van der Waals surface area (Å²) >= 11 is 0. The Labute approximate surface area is 148 Å². The maximum absolute atomic E-state index is 12.6. The fourth-order valence-corrected chi connectivity index (χ4v) is 2.91. The van der Waals surface area contributed by atoms with Gasteiger partial charge in [0.25, 0.3) is 5.91 Å². The summed E-state index contributed by atoms with van der Waals surface area (Å²) < 4.78 is 5.69. The minimum atomic E-state index is -0.479. The molecule has 0 unspecified atom stereocenters. The maximum Gasteiger partial charge on any atom is 0.254 e. The number of rotatable bonds is 5. The first-order valence-corrected chi connectivity index (χ1v) is 8.44. The molecular weight excluding hydrogens is 316 g/mol. The molecule has 6 nitrogen and oxygen atoms in total. The highest BCUT2D eigenvalue weighted by atomic mass is 16.5. The molecule has 1 atom stereocenters. The number of carbonyl (C=O) groups excluding carboxylic acids is 1. The summed E-state index contributed by atoms with van der Waals surface area (Å²) in [6.07, 6.45) is 1.23. The molecule has 3 rings (SSSR count). The standard InChI is InChI=1S/C19H24N4O2/c1-22(2)18-16(9-6-10-20-18)21-19(24)17-14-23(11-12-25-17)13-15-7-4-3-5-8-15/h3-10,17H,11-14H2,1-2H3,(H,21,24)/t17-/m1/s1. The Morgan fingerprint density at radius 1 is 1.28 bits per heavy atom. The van der Waals surface area contributed by atoms with Gasteiger partial charge in [-0.05, 0) is 17.7 Å². The number of morpholine rings is 1. The molecule has 1 aliphatic rings. The molecule has 6 heteroatoms. The average Bonchev–Trinajstić information content (AvgIpc) is 2.63. The Balaban J connectivity index is 1.62. The van der Waals surface area contributed by atoms with E-state index in [4.69, 9.17) is 4.74 Å². The van der Waals surface area contributed by atoms with Crippen LogP contribution in [0, 0.1) is 0 Å². The first-order chi connectivity index (χ1) is 12.1. The highest BCUT2D eigenvalue weighted by molar-refractivity contribution is 5.96. The SMILES string of the molecule is CN(C)c1ncccc1NC(=O)[C@H]1CN(Cc2ccccc2)CCO1. The lowest BCUT2D eigenvalue weighted by molar-refractivity contribution is -0.133. The van der Waals surface area contributed by atoms with E-state index in [0.29, 0.717) is 18.8 Å². The lowest BCUT2D eigenvalue weighted by Crippen LogP contribution is -2.47. The minimum Gasteiger partial charge on any atom is -0.366 e. The number of benzene rings is 1. The van der Waals surface area contributed by atoms with Crippen LogP contribution in [-0.2, 0) is 16.1 Å². The van der Waals surface area contributed by atoms with Gasteiger partial charge < -0.3 is 15.0 Å². The average molecular weight is 340 g/mol. The number of carbonyl (C=O) groups is 1. The number of nitrogens with one attached hydrogen (secondary N) is 1. The summed E-state index contributed by atoms with van der Waals surface area (Å²) in [5.41, 5.74) is 1.94. The molecule has 1 amide bonds. The van der Waals surface area contributed by atoms with Gasteiger partial charge in [0.05, 0.1) is 12.3 Å². The molecule has 1 fully saturated rings. The minimum absolute atomic E-state index is 0.131. The lowest BCUT2D eigenvalue weighted by Gasteiger charge is -2.32. The Morgan fingerprint density at radius 2 is 2.08 bits per heavy atom. The van der Waals surface area contributed by atoms with Crippen molar-refractivity contribution in [3.63, 3.8) is 0 Å². The number of anilines is 2. The van der Waals surface area contributed by atoms with Gasteiger partial charge >= 0.3 is 0 Å². The monoisotopic (exact) mass is 340 g/mol. The molecule has 1 N–H and O–H groups in total. The summed E-state index contributed by atoms with van der Waals surface area (Å²) in [6, 6.07) is 13.9. The van der Waals surface area contributed by atoms with Crippen LogP contribution in [0.4, 0.5) is 11.5 Å². The molecule has 2 heterocycles. The van der Waals surface area contributed by atoms with Crippen molar-refractivity contribution in [1.82, 2.24) is 9.88 Å². The van der Waals surface area contributed by atoms with Gasteiger partial charge in [0.1, 0.15) is 6.10 Å². The molecule has 0 spiro atoms. The maximum atomic E-state index is 12.6. The van der Waals surface area contributed by atoms with Crippen LogP contribution in [0.3, 0.4) is 0 Å². The van der Waals surface area contributed by atoms with Crippen LogP contribution in [0.15, 0.2) is 48.7 Å². The first kappa shape index (κ1) is 17.4. The highest BCUT2D eigenvalue weighted by Crippen LogP contribution is 2.21. The van der Waals surface area contributed by atoms with Crippen molar-refractivity contribution in [2.75, 3.05) is 44.0 Å². The quantitative estimate of drug-likeness (QED) is 0.902. The second kappa shape index (κ2) is 8.09. The van der Waals surface area contributed by atoms with Crippen molar-refractivity contribution in [2.45, 2.75) is 12.6 Å². The molecule has 1 aliphatic heterocycles. The molecule has 1 aromatic carbocycles. The normalized spacial score (nSPS) is 17.9. The van der Waals surface area contributed by atoms with Crippen molar-refractivity contribution in [2.24, 2.45) is 0 Å². The van der Waals surface area contributed by atoms with Gasteiger partial charge in [-0.1, -0.05) is 30.3 Å². The van der Waals surface area contributed by atoms with Crippen LogP contribution < -0.4 is 10.2 Å². The van der Waals surface area contributed by atoms with E-state index in [1.807, 2.05) is 49.3 Å². The molecule has 1 aromatic heterocycles. The van der Waals surface area contributed by atoms with Crippen LogP contribution in [0.1, 0.15) is 5.56 Å². The zero-order valence-corrected chi connectivity index (χ0v) is 14.7. The first-order valence-electron chi connectivity index (χ1n) is 8.44. The second-order valence-corrected chi connectivity index (χ2v) is 6.34. The summed E-state index contributed by atoms with van der Waals surface area (Å²) in [7, 11) is 3.80. The molecule has 132 valence electrons. The van der Waals surface area contributed by atoms with Crippen LogP contribution >= 0.6 is 0 Å². The Kier molecular flexibility index (Phi) is 5.63. The zero-order chi connectivity index (χ0) is 17.6. The lowest BCUT2D eigenvalue weighted by atomic mass is 10.2. The van der Waals surface area contributed by atoms with E-state index in [0.717, 1.165) is 18.9 Å². The van der Waals surface area contributed by atoms with E-state index in [-0.39, 0.29) is 5.91 Å². The second-order valence-electron chi connectivity index (χ2n) is 6.34. The van der Waals surface area contributed by atoms with E-state index in [1.165, 1.54) is 5.56 Å². The number of amides is 1. The third kappa shape index (κ3) is 4.55. The summed E-state index contributed by atoms with van der Waals surface area (Å²) in [5.74, 6) is 0.599. The summed E-state index contributed by atoms with van der Waals surface area (Å²) in [6.45, 7) is 2.79. The predicted molar refractivity (Wildman–Crippen MR) is 98.7 cm³/mol. The van der Waals surface area contributed by atoms with E-state index in [1.54, 1.807) is 6.20 Å². The fraction of sp³-hybridized carbons (Fsp3) is 0.368. The van der Waals surface area contributed by atoms with E-state index in [9.17, 15) is 4.79 Å². The van der Waals surface area contributed by atoms with Crippen molar-refractivity contribution < 1.29 is 9.53 Å². The summed E-state index contributed by atoms with van der Waals surface area (Å²) in [5, 5.41) is 2.95. The van der Waals surface area contributed by atoms with Crippen LogP contribution in [0.2, 0.25) is 0 Å². The third-order valence-corrected chi connectivity index (χ3v) is 4.16. The van der Waals surface area contributed by atoms with E-state index < -0.39 is 6.10 Å². The van der Waals surface area contributed by atoms with Gasteiger partial charge in [0.2, 0.25) is 0 Å². The number of pyridine rings is 1. The smallest absolute Gasteiger partial charge is 0.254 e. The molecular formula is C19H24N4O2. The molecule has 2 aromatic rings. The molecule has 1 saturated heterocycles. The van der Waals surface area contributed by atoms with Crippen molar-refractivity contribution in [1.29, 1.82) is 0 Å². The predicted octanol–water partition coefficient (Wildman–Crippen LogP) is 1.99. The number of aromatic nitrogens is 1. The fourth-order valence-electron chi connectivity index (χ4n) is 2.91. The van der Waals surface area contributed by atoms with E-state index >= 15 is 0 Å². The Bertz CT molecular complexity index is 706. The molecule has 0 aliphatic carbocycles. The molecule has 0 bridgehead atoms. The number of hydrogen-bond donors (Lipinski definition) is 1. The topological polar surface area (TPSA) is 57.7 Å². The van der Waals surface area contributed by atoms with Gasteiger partial charge in [-0.2, -0.15) is 0 Å². The number of hydrogen-bond acceptors (Lipinski definition) is 5. The largest absolute Gasteiger partial charge is 0.366 e. The third-order valence-electron chi connectivity index (χ3n) is 4.16. The molecule has 25 heavy (non-hydrogen) atoms. The van der Waals surface area contributed by atoms with Crippen LogP contribution in [0.5, 0.6) is 0 Å². The van der Waals surface area contributed by atoms with Gasteiger partial charge in [-0.3, -0.25) is 9.69 Å². The number of ether oxygens (including phenoxy) is 1. The van der Waals surface area contributed by atoms with Gasteiger partial charge in [-0.25, -0.2) is 4.98 Å². The Hall–Kier alpha value is -2.44. The van der Waals surface area contributed by atoms with E-state index in [2.05, 4.69) is 27.3 Å².